The molecule has 0 aromatic carbocycles. The first-order valence-corrected chi connectivity index (χ1v) is 5.74. The Labute approximate surface area is 88.9 Å². The van der Waals surface area contributed by atoms with Crippen LogP contribution in [0.2, 0.25) is 0 Å². The number of esters is 1. The van der Waals surface area contributed by atoms with Gasteiger partial charge in [-0.25, -0.2) is 0 Å². The first-order chi connectivity index (χ1) is 6.66. The van der Waals surface area contributed by atoms with E-state index in [0.717, 1.165) is 0 Å². The molecule has 0 fully saturated rings. The number of rotatable bonds is 4. The van der Waals surface area contributed by atoms with E-state index in [4.69, 9.17) is 4.74 Å². The van der Waals surface area contributed by atoms with Crippen molar-refractivity contribution in [3.8, 4) is 0 Å². The molecule has 2 atom stereocenters. The fraction of sp³-hybridized carbons (Fsp3) is 0.545. The van der Waals surface area contributed by atoms with Gasteiger partial charge in [-0.2, -0.15) is 0 Å². The average Bonchev–Trinajstić information content (AvgIpc) is 2.68. The van der Waals surface area contributed by atoms with Crippen molar-refractivity contribution < 1.29 is 9.53 Å². The van der Waals surface area contributed by atoms with Crippen LogP contribution in [0.1, 0.15) is 31.6 Å². The molecule has 2 unspecified atom stereocenters. The van der Waals surface area contributed by atoms with Crippen molar-refractivity contribution in [1.29, 1.82) is 0 Å². The topological polar surface area (TPSA) is 26.3 Å². The first kappa shape index (κ1) is 11.2. The fourth-order valence-corrected chi connectivity index (χ4v) is 2.16. The van der Waals surface area contributed by atoms with Gasteiger partial charge in [0.15, 0.2) is 0 Å². The maximum absolute atomic E-state index is 11.5. The third-order valence-corrected chi connectivity index (χ3v) is 3.47. The van der Waals surface area contributed by atoms with Gasteiger partial charge < -0.3 is 4.74 Å². The average molecular weight is 212 g/mol. The second-order valence-corrected chi connectivity index (χ2v) is 4.32. The second kappa shape index (κ2) is 5.15. The molecule has 0 saturated carbocycles. The normalized spacial score (nSPS) is 14.8. The summed E-state index contributed by atoms with van der Waals surface area (Å²) in [6.45, 7) is 6.27. The first-order valence-electron chi connectivity index (χ1n) is 4.86. The van der Waals surface area contributed by atoms with Crippen LogP contribution in [0, 0.1) is 5.92 Å². The molecule has 1 rings (SSSR count). The molecule has 0 aliphatic carbocycles. The van der Waals surface area contributed by atoms with E-state index in [1.54, 1.807) is 11.3 Å². The lowest BCUT2D eigenvalue weighted by atomic mass is 9.95. The molecule has 0 amide bonds. The molecular weight excluding hydrogens is 196 g/mol. The number of hydrogen-bond donors (Lipinski definition) is 0. The predicted molar refractivity (Wildman–Crippen MR) is 58.5 cm³/mol. The Balaban J connectivity index is 2.61. The maximum atomic E-state index is 11.5. The van der Waals surface area contributed by atoms with E-state index in [-0.39, 0.29) is 17.8 Å². The zero-order valence-corrected chi connectivity index (χ0v) is 9.64. The molecule has 78 valence electrons. The highest BCUT2D eigenvalue weighted by Crippen LogP contribution is 2.28. The van der Waals surface area contributed by atoms with Gasteiger partial charge in [-0.15, -0.1) is 11.3 Å². The number of carbonyl (C=O) groups excluding carboxylic acids is 1. The summed E-state index contributed by atoms with van der Waals surface area (Å²) in [4.78, 5) is 12.7. The van der Waals surface area contributed by atoms with Crippen molar-refractivity contribution in [3.63, 3.8) is 0 Å². The number of carbonyl (C=O) groups is 1. The summed E-state index contributed by atoms with van der Waals surface area (Å²) in [6.07, 6.45) is 0. The number of thiophene rings is 1. The van der Waals surface area contributed by atoms with Gasteiger partial charge in [0.25, 0.3) is 0 Å². The van der Waals surface area contributed by atoms with Gasteiger partial charge >= 0.3 is 5.97 Å². The van der Waals surface area contributed by atoms with Crippen molar-refractivity contribution in [2.45, 2.75) is 26.7 Å². The molecule has 1 aromatic rings. The van der Waals surface area contributed by atoms with E-state index >= 15 is 0 Å². The molecule has 0 bridgehead atoms. The Morgan fingerprint density at radius 2 is 2.29 bits per heavy atom. The van der Waals surface area contributed by atoms with E-state index in [9.17, 15) is 4.79 Å². The monoisotopic (exact) mass is 212 g/mol. The molecule has 0 aliphatic rings. The fourth-order valence-electron chi connectivity index (χ4n) is 1.27. The summed E-state index contributed by atoms with van der Waals surface area (Å²) < 4.78 is 4.99. The summed E-state index contributed by atoms with van der Waals surface area (Å²) in [5.41, 5.74) is 0. The largest absolute Gasteiger partial charge is 0.466 e. The Bertz CT molecular complexity index is 279. The van der Waals surface area contributed by atoms with Gasteiger partial charge in [-0.1, -0.05) is 19.9 Å². The van der Waals surface area contributed by atoms with Gasteiger partial charge in [-0.05, 0) is 18.4 Å². The quantitative estimate of drug-likeness (QED) is 0.717. The third kappa shape index (κ3) is 2.58. The minimum Gasteiger partial charge on any atom is -0.466 e. The molecule has 0 saturated heterocycles. The summed E-state index contributed by atoms with van der Waals surface area (Å²) in [5, 5.41) is 2.03. The SMILES string of the molecule is CCOC(=O)C(C)C(C)c1cccs1. The molecule has 0 aliphatic heterocycles. The van der Waals surface area contributed by atoms with E-state index in [1.807, 2.05) is 25.3 Å². The lowest BCUT2D eigenvalue weighted by Crippen LogP contribution is -2.19. The lowest BCUT2D eigenvalue weighted by molar-refractivity contribution is -0.148. The molecule has 0 N–H and O–H groups in total. The van der Waals surface area contributed by atoms with Crippen LogP contribution in [0.15, 0.2) is 17.5 Å². The van der Waals surface area contributed by atoms with Crippen LogP contribution in [-0.4, -0.2) is 12.6 Å². The predicted octanol–water partition coefficient (Wildman–Crippen LogP) is 3.05. The molecule has 0 spiro atoms. The van der Waals surface area contributed by atoms with Crippen LogP contribution in [0.3, 0.4) is 0 Å². The number of ether oxygens (including phenoxy) is 1. The summed E-state index contributed by atoms with van der Waals surface area (Å²) in [5.74, 6) is 0.0797. The molecule has 1 heterocycles. The second-order valence-electron chi connectivity index (χ2n) is 3.34. The van der Waals surface area contributed by atoms with Gasteiger partial charge in [-0.3, -0.25) is 4.79 Å². The van der Waals surface area contributed by atoms with Crippen LogP contribution in [0.5, 0.6) is 0 Å². The van der Waals surface area contributed by atoms with Crippen molar-refractivity contribution in [3.05, 3.63) is 22.4 Å². The van der Waals surface area contributed by atoms with Gasteiger partial charge in [0, 0.05) is 10.8 Å². The summed E-state index contributed by atoms with van der Waals surface area (Å²) in [7, 11) is 0. The highest BCUT2D eigenvalue weighted by atomic mass is 32.1. The van der Waals surface area contributed by atoms with Crippen LogP contribution >= 0.6 is 11.3 Å². The summed E-state index contributed by atoms with van der Waals surface area (Å²) in [6, 6.07) is 4.07. The van der Waals surface area contributed by atoms with Gasteiger partial charge in [0.05, 0.1) is 12.5 Å². The standard InChI is InChI=1S/C11H16O2S/c1-4-13-11(12)9(3)8(2)10-6-5-7-14-10/h5-9H,4H2,1-3H3. The number of hydrogen-bond acceptors (Lipinski definition) is 3. The van der Waals surface area contributed by atoms with Crippen molar-refractivity contribution in [2.24, 2.45) is 5.92 Å². The molecule has 0 radical (unpaired) electrons. The van der Waals surface area contributed by atoms with Gasteiger partial charge in [0.2, 0.25) is 0 Å². The molecular formula is C11H16O2S. The highest BCUT2D eigenvalue weighted by Gasteiger charge is 2.23. The lowest BCUT2D eigenvalue weighted by Gasteiger charge is -2.16. The van der Waals surface area contributed by atoms with Crippen LogP contribution in [0.4, 0.5) is 0 Å². The summed E-state index contributed by atoms with van der Waals surface area (Å²) >= 11 is 1.69. The Kier molecular flexibility index (Phi) is 4.14. The van der Waals surface area contributed by atoms with E-state index in [2.05, 4.69) is 13.0 Å². The Morgan fingerprint density at radius 3 is 2.79 bits per heavy atom. The van der Waals surface area contributed by atoms with E-state index < -0.39 is 0 Å². The minimum atomic E-state index is -0.103. The van der Waals surface area contributed by atoms with E-state index in [1.165, 1.54) is 4.88 Å². The molecule has 14 heavy (non-hydrogen) atoms. The van der Waals surface area contributed by atoms with Crippen molar-refractivity contribution >= 4 is 17.3 Å². The maximum Gasteiger partial charge on any atom is 0.309 e. The smallest absolute Gasteiger partial charge is 0.309 e. The zero-order chi connectivity index (χ0) is 10.6. The molecule has 3 heteroatoms. The van der Waals surface area contributed by atoms with Crippen LogP contribution < -0.4 is 0 Å². The van der Waals surface area contributed by atoms with Gasteiger partial charge in [0.1, 0.15) is 0 Å². The van der Waals surface area contributed by atoms with Crippen LogP contribution in [-0.2, 0) is 9.53 Å². The minimum absolute atomic E-state index is 0.0615. The molecule has 2 nitrogen and oxygen atoms in total. The highest BCUT2D eigenvalue weighted by molar-refractivity contribution is 7.10. The van der Waals surface area contributed by atoms with E-state index in [0.29, 0.717) is 6.61 Å². The van der Waals surface area contributed by atoms with Crippen LogP contribution in [0.25, 0.3) is 0 Å². The van der Waals surface area contributed by atoms with Crippen molar-refractivity contribution in [2.75, 3.05) is 6.61 Å². The Hall–Kier alpha value is -0.830. The molecule has 1 aromatic heterocycles. The van der Waals surface area contributed by atoms with Crippen molar-refractivity contribution in [1.82, 2.24) is 0 Å². The zero-order valence-electron chi connectivity index (χ0n) is 8.82. The Morgan fingerprint density at radius 1 is 1.57 bits per heavy atom. The third-order valence-electron chi connectivity index (χ3n) is 2.40.